The molecule has 1 aromatic heterocycles. The molecule has 13 heteroatoms. The maximum absolute atomic E-state index is 12.9. The molecule has 0 aliphatic heterocycles. The van der Waals surface area contributed by atoms with Gasteiger partial charge in [0.05, 0.1) is 18.6 Å². The topological polar surface area (TPSA) is 166 Å². The van der Waals surface area contributed by atoms with Crippen LogP contribution in [-0.4, -0.2) is 51.0 Å². The Hall–Kier alpha value is -4.65. The van der Waals surface area contributed by atoms with Gasteiger partial charge in [0.25, 0.3) is 21.5 Å². The average Bonchev–Trinajstić information content (AvgIpc) is 2.91. The second-order valence-electron chi connectivity index (χ2n) is 8.32. The number of oxime groups is 1. The third-order valence-electron chi connectivity index (χ3n) is 5.34. The van der Waals surface area contributed by atoms with Crippen LogP contribution in [0.3, 0.4) is 0 Å². The van der Waals surface area contributed by atoms with Gasteiger partial charge in [0.15, 0.2) is 0 Å². The lowest BCUT2D eigenvalue weighted by Crippen LogP contribution is -2.36. The number of carbonyl (C=O) groups is 1. The van der Waals surface area contributed by atoms with Gasteiger partial charge in [0, 0.05) is 11.3 Å². The predicted octanol–water partition coefficient (Wildman–Crippen LogP) is 1.72. The lowest BCUT2D eigenvalue weighted by molar-refractivity contribution is -0.122. The molecule has 0 atom stereocenters. The van der Waals surface area contributed by atoms with Crippen molar-refractivity contribution in [3.63, 3.8) is 0 Å². The minimum absolute atomic E-state index is 0.0141. The second-order valence-corrected chi connectivity index (χ2v) is 10.0. The molecule has 0 radical (unpaired) electrons. The molecule has 12 nitrogen and oxygen atoms in total. The molecule has 0 fully saturated rings. The minimum Gasteiger partial charge on any atom is -0.480 e. The van der Waals surface area contributed by atoms with Gasteiger partial charge in [-0.05, 0) is 61.0 Å². The van der Waals surface area contributed by atoms with E-state index in [2.05, 4.69) is 20.2 Å². The molecule has 0 aliphatic carbocycles. The number of nitrogens with one attached hydrogen (secondary N) is 2. The Morgan fingerprint density at radius 3 is 2.49 bits per heavy atom. The first-order valence-corrected chi connectivity index (χ1v) is 13.3. The Bertz CT molecular complexity index is 1530. The van der Waals surface area contributed by atoms with Crippen molar-refractivity contribution in [1.29, 1.82) is 0 Å². The van der Waals surface area contributed by atoms with Crippen molar-refractivity contribution < 1.29 is 22.8 Å². The number of hydrogen-bond acceptors (Lipinski definition) is 7. The average molecular weight is 555 g/mol. The molecular formula is C26H30N6O6S. The number of carbonyl (C=O) groups excluding carboxylic acids is 1. The summed E-state index contributed by atoms with van der Waals surface area (Å²) in [5.41, 5.74) is 6.87. The summed E-state index contributed by atoms with van der Waals surface area (Å²) in [6, 6.07) is 18.3. The number of aliphatic imine (C=N–C) groups is 1. The molecule has 4 N–H and O–H groups in total. The van der Waals surface area contributed by atoms with E-state index in [1.807, 2.05) is 18.2 Å². The molecule has 0 saturated carbocycles. The van der Waals surface area contributed by atoms with Crippen LogP contribution in [0.4, 0.5) is 5.69 Å². The van der Waals surface area contributed by atoms with Crippen LogP contribution < -0.4 is 21.3 Å². The Balaban J connectivity index is 1.56. The molecule has 3 aromatic rings. The quantitative estimate of drug-likeness (QED) is 0.148. The number of benzene rings is 2. The summed E-state index contributed by atoms with van der Waals surface area (Å²) in [6.45, 7) is 3.13. The number of rotatable bonds is 10. The van der Waals surface area contributed by atoms with E-state index in [4.69, 9.17) is 15.3 Å². The molecule has 0 unspecified atom stereocenters. The van der Waals surface area contributed by atoms with Crippen LogP contribution in [0.2, 0.25) is 0 Å². The summed E-state index contributed by atoms with van der Waals surface area (Å²) in [6.07, 6.45) is 0. The number of methoxy groups -OCH3 is 1. The van der Waals surface area contributed by atoms with Crippen molar-refractivity contribution in [2.24, 2.45) is 15.9 Å². The van der Waals surface area contributed by atoms with Gasteiger partial charge in [-0.25, -0.2) is 8.42 Å². The fourth-order valence-corrected chi connectivity index (χ4v) is 4.57. The molecule has 3 rings (SSSR count). The lowest BCUT2D eigenvalue weighted by atomic mass is 10.2. The number of ether oxygens (including phenoxy) is 1. The third kappa shape index (κ3) is 8.17. The molecule has 0 saturated heterocycles. The van der Waals surface area contributed by atoms with E-state index in [-0.39, 0.29) is 42.1 Å². The Labute approximate surface area is 226 Å². The van der Waals surface area contributed by atoms with Crippen molar-refractivity contribution >= 4 is 33.5 Å². The van der Waals surface area contributed by atoms with Gasteiger partial charge in [-0.1, -0.05) is 30.3 Å². The molecule has 0 aliphatic rings. The highest BCUT2D eigenvalue weighted by Crippen LogP contribution is 2.15. The maximum atomic E-state index is 12.9. The van der Waals surface area contributed by atoms with Crippen molar-refractivity contribution in [2.45, 2.75) is 25.3 Å². The first-order chi connectivity index (χ1) is 18.6. The number of nitrogens with two attached hydrogens (primary N) is 1. The molecule has 39 heavy (non-hydrogen) atoms. The molecular weight excluding hydrogens is 524 g/mol. The van der Waals surface area contributed by atoms with Gasteiger partial charge in [0.1, 0.15) is 18.8 Å². The molecule has 206 valence electrons. The third-order valence-corrected chi connectivity index (χ3v) is 6.71. The zero-order chi connectivity index (χ0) is 28.4. The molecule has 2 aromatic carbocycles. The summed E-state index contributed by atoms with van der Waals surface area (Å²) < 4.78 is 34.2. The summed E-state index contributed by atoms with van der Waals surface area (Å²) >= 11 is 0. The zero-order valence-electron chi connectivity index (χ0n) is 21.7. The summed E-state index contributed by atoms with van der Waals surface area (Å²) in [5.74, 6) is -0.393. The zero-order valence-corrected chi connectivity index (χ0v) is 22.6. The van der Waals surface area contributed by atoms with E-state index < -0.39 is 21.5 Å². The summed E-state index contributed by atoms with van der Waals surface area (Å²) in [7, 11) is -2.53. The van der Waals surface area contributed by atoms with E-state index in [1.54, 1.807) is 44.2 Å². The predicted molar refractivity (Wildman–Crippen MR) is 148 cm³/mol. The first kappa shape index (κ1) is 28.9. The Morgan fingerprint density at radius 1 is 1.05 bits per heavy atom. The van der Waals surface area contributed by atoms with Crippen LogP contribution >= 0.6 is 0 Å². The highest BCUT2D eigenvalue weighted by atomic mass is 32.2. The number of sulfonamides is 1. The fraction of sp³-hybridized carbons (Fsp3) is 0.231. The van der Waals surface area contributed by atoms with Gasteiger partial charge in [-0.3, -0.25) is 14.3 Å². The van der Waals surface area contributed by atoms with Crippen LogP contribution in [0.1, 0.15) is 16.8 Å². The van der Waals surface area contributed by atoms with E-state index >= 15 is 0 Å². The van der Waals surface area contributed by atoms with Crippen LogP contribution in [-0.2, 0) is 30.9 Å². The largest absolute Gasteiger partial charge is 0.480 e. The van der Waals surface area contributed by atoms with Crippen molar-refractivity contribution in [3.8, 4) is 0 Å². The molecule has 0 bridgehead atoms. The lowest BCUT2D eigenvalue weighted by Gasteiger charge is -2.13. The van der Waals surface area contributed by atoms with Crippen LogP contribution in [0.15, 0.2) is 86.6 Å². The standard InChI is InChI=1S/C26H30N6O6S/c1-18-8-7-11-21(16-18)39(35,36)31-22-13-12-19(2)32(25(22)34)17-23(33)28-14-15-38-30-26(27)29-24(37-3)20-9-5-4-6-10-20/h4-13,16,31H,14-15,17H2,1-3H3,(H2,27,30)(H,28,33)/b29-24-. The second kappa shape index (κ2) is 13.2. The van der Waals surface area contributed by atoms with Crippen LogP contribution in [0.25, 0.3) is 0 Å². The highest BCUT2D eigenvalue weighted by Gasteiger charge is 2.18. The normalized spacial score (nSPS) is 12.1. The number of amides is 1. The molecule has 0 spiro atoms. The Kier molecular flexibility index (Phi) is 9.81. The Morgan fingerprint density at radius 2 is 1.79 bits per heavy atom. The SMILES string of the molecule is CO/C(=N\C(N)=N\OCCNC(=O)Cn1c(C)ccc(NS(=O)(=O)c2cccc(C)c2)c1=O)c1ccccc1. The summed E-state index contributed by atoms with van der Waals surface area (Å²) in [4.78, 5) is 34.6. The molecule has 1 heterocycles. The number of guanidine groups is 1. The van der Waals surface area contributed by atoms with Gasteiger partial charge >= 0.3 is 0 Å². The number of anilines is 1. The van der Waals surface area contributed by atoms with Crippen LogP contribution in [0, 0.1) is 13.8 Å². The van der Waals surface area contributed by atoms with Crippen molar-refractivity contribution in [1.82, 2.24) is 9.88 Å². The van der Waals surface area contributed by atoms with E-state index in [0.29, 0.717) is 11.3 Å². The minimum atomic E-state index is -3.99. The van der Waals surface area contributed by atoms with Gasteiger partial charge in [-0.15, -0.1) is 0 Å². The number of nitrogens with zero attached hydrogens (tertiary/aromatic N) is 3. The first-order valence-electron chi connectivity index (χ1n) is 11.8. The van der Waals surface area contributed by atoms with Crippen molar-refractivity contribution in [2.75, 3.05) is 25.0 Å². The monoisotopic (exact) mass is 554 g/mol. The maximum Gasteiger partial charge on any atom is 0.275 e. The van der Waals surface area contributed by atoms with Gasteiger partial charge in [0.2, 0.25) is 11.8 Å². The summed E-state index contributed by atoms with van der Waals surface area (Å²) in [5, 5.41) is 6.28. The fourth-order valence-electron chi connectivity index (χ4n) is 3.41. The highest BCUT2D eigenvalue weighted by molar-refractivity contribution is 7.92. The van der Waals surface area contributed by atoms with Crippen LogP contribution in [0.5, 0.6) is 0 Å². The number of aromatic nitrogens is 1. The van der Waals surface area contributed by atoms with Crippen molar-refractivity contribution in [3.05, 3.63) is 93.9 Å². The molecule has 1 amide bonds. The van der Waals surface area contributed by atoms with Gasteiger partial charge in [-0.2, -0.15) is 4.99 Å². The van der Waals surface area contributed by atoms with E-state index in [1.165, 1.54) is 29.9 Å². The van der Waals surface area contributed by atoms with Gasteiger partial charge < -0.3 is 25.2 Å². The van der Waals surface area contributed by atoms with E-state index in [0.717, 1.165) is 5.56 Å². The number of hydrogen-bond donors (Lipinski definition) is 3. The van der Waals surface area contributed by atoms with E-state index in [9.17, 15) is 18.0 Å². The smallest absolute Gasteiger partial charge is 0.275 e. The number of aryl methyl sites for hydroxylation is 2. The number of pyridine rings is 1.